The number of carbonyl (C=O) groups is 1. The SMILES string of the molecule is O=C(NCCO)c1cccc(OCBr)c1. The summed E-state index contributed by atoms with van der Waals surface area (Å²) in [5.74, 6) is 0.410. The minimum absolute atomic E-state index is 0.0661. The smallest absolute Gasteiger partial charge is 0.251 e. The Morgan fingerprint density at radius 3 is 3.00 bits per heavy atom. The first-order valence-corrected chi connectivity index (χ1v) is 5.58. The molecule has 82 valence electrons. The van der Waals surface area contributed by atoms with Gasteiger partial charge in [-0.2, -0.15) is 0 Å². The molecule has 1 amide bonds. The Balaban J connectivity index is 2.67. The van der Waals surface area contributed by atoms with Crippen LogP contribution in [0.5, 0.6) is 5.75 Å². The number of aliphatic hydroxyl groups excluding tert-OH is 1. The van der Waals surface area contributed by atoms with Crippen LogP contribution in [0.1, 0.15) is 10.4 Å². The fourth-order valence-corrected chi connectivity index (χ4v) is 1.33. The molecule has 0 unspecified atom stereocenters. The van der Waals surface area contributed by atoms with Gasteiger partial charge in [0.05, 0.1) is 6.61 Å². The summed E-state index contributed by atoms with van der Waals surface area (Å²) in [6, 6.07) is 6.84. The van der Waals surface area contributed by atoms with Crippen LogP contribution in [0.2, 0.25) is 0 Å². The van der Waals surface area contributed by atoms with E-state index in [0.29, 0.717) is 16.8 Å². The number of aliphatic hydroxyl groups is 1. The fraction of sp³-hybridized carbons (Fsp3) is 0.300. The first-order valence-electron chi connectivity index (χ1n) is 4.46. The molecule has 5 heteroatoms. The zero-order valence-corrected chi connectivity index (χ0v) is 9.66. The molecule has 0 aliphatic rings. The zero-order chi connectivity index (χ0) is 11.1. The van der Waals surface area contributed by atoms with Crippen LogP contribution in [0, 0.1) is 0 Å². The van der Waals surface area contributed by atoms with Gasteiger partial charge in [0.15, 0.2) is 0 Å². The summed E-state index contributed by atoms with van der Waals surface area (Å²) in [4.78, 5) is 11.5. The third kappa shape index (κ3) is 3.89. The second-order valence-corrected chi connectivity index (χ2v) is 3.22. The number of alkyl halides is 1. The van der Waals surface area contributed by atoms with E-state index >= 15 is 0 Å². The Hall–Kier alpha value is -1.07. The highest BCUT2D eigenvalue weighted by atomic mass is 79.9. The third-order valence-corrected chi connectivity index (χ3v) is 1.94. The van der Waals surface area contributed by atoms with Crippen LogP contribution < -0.4 is 10.1 Å². The summed E-state index contributed by atoms with van der Waals surface area (Å²) in [6.07, 6.45) is 0. The normalized spacial score (nSPS) is 9.73. The lowest BCUT2D eigenvalue weighted by Gasteiger charge is -2.05. The second kappa shape index (κ2) is 6.42. The molecule has 0 aliphatic heterocycles. The van der Waals surface area contributed by atoms with Gasteiger partial charge in [-0.1, -0.05) is 6.07 Å². The van der Waals surface area contributed by atoms with Crippen molar-refractivity contribution in [3.8, 4) is 5.75 Å². The number of rotatable bonds is 5. The van der Waals surface area contributed by atoms with Crippen molar-refractivity contribution in [2.45, 2.75) is 0 Å². The van der Waals surface area contributed by atoms with Crippen LogP contribution in [-0.4, -0.2) is 29.7 Å². The third-order valence-electron chi connectivity index (χ3n) is 1.71. The summed E-state index contributed by atoms with van der Waals surface area (Å²) in [6.45, 7) is 0.186. The van der Waals surface area contributed by atoms with Crippen LogP contribution in [-0.2, 0) is 0 Å². The Morgan fingerprint density at radius 2 is 2.33 bits per heavy atom. The molecule has 0 saturated heterocycles. The lowest BCUT2D eigenvalue weighted by atomic mass is 10.2. The molecule has 1 aromatic carbocycles. The van der Waals surface area contributed by atoms with Crippen molar-refractivity contribution in [1.29, 1.82) is 0 Å². The summed E-state index contributed by atoms with van der Waals surface area (Å²) < 4.78 is 5.19. The zero-order valence-electron chi connectivity index (χ0n) is 8.07. The van der Waals surface area contributed by atoms with E-state index in [2.05, 4.69) is 21.2 Å². The van der Waals surface area contributed by atoms with Crippen molar-refractivity contribution in [2.24, 2.45) is 0 Å². The molecule has 0 spiro atoms. The summed E-state index contributed by atoms with van der Waals surface area (Å²) >= 11 is 3.13. The summed E-state index contributed by atoms with van der Waals surface area (Å²) in [7, 11) is 0. The molecule has 0 heterocycles. The van der Waals surface area contributed by atoms with Gasteiger partial charge in [0.2, 0.25) is 0 Å². The first-order chi connectivity index (χ1) is 7.27. The number of hydrogen-bond donors (Lipinski definition) is 2. The van der Waals surface area contributed by atoms with Gasteiger partial charge in [-0.25, -0.2) is 0 Å². The molecular weight excluding hydrogens is 262 g/mol. The van der Waals surface area contributed by atoms with Crippen molar-refractivity contribution in [1.82, 2.24) is 5.32 Å². The monoisotopic (exact) mass is 273 g/mol. The predicted molar refractivity (Wildman–Crippen MR) is 60.3 cm³/mol. The molecule has 1 rings (SSSR count). The predicted octanol–water partition coefficient (Wildman–Crippen LogP) is 1.14. The number of ether oxygens (including phenoxy) is 1. The molecule has 0 aliphatic carbocycles. The highest BCUT2D eigenvalue weighted by Gasteiger charge is 2.05. The van der Waals surface area contributed by atoms with Gasteiger partial charge >= 0.3 is 0 Å². The molecule has 2 N–H and O–H groups in total. The van der Waals surface area contributed by atoms with Crippen molar-refractivity contribution in [3.05, 3.63) is 29.8 Å². The number of halogens is 1. The maximum Gasteiger partial charge on any atom is 0.251 e. The molecular formula is C10H12BrNO3. The van der Waals surface area contributed by atoms with E-state index in [0.717, 1.165) is 0 Å². The van der Waals surface area contributed by atoms with Crippen LogP contribution in [0.4, 0.5) is 0 Å². The maximum absolute atomic E-state index is 11.5. The van der Waals surface area contributed by atoms with Gasteiger partial charge in [-0.05, 0) is 34.1 Å². The fourth-order valence-electron chi connectivity index (χ4n) is 1.06. The molecule has 0 aromatic heterocycles. The van der Waals surface area contributed by atoms with E-state index in [4.69, 9.17) is 9.84 Å². The van der Waals surface area contributed by atoms with Gasteiger partial charge < -0.3 is 15.2 Å². The maximum atomic E-state index is 11.5. The van der Waals surface area contributed by atoms with Crippen LogP contribution >= 0.6 is 15.9 Å². The molecule has 1 aromatic rings. The number of hydrogen-bond acceptors (Lipinski definition) is 3. The average molecular weight is 274 g/mol. The van der Waals surface area contributed by atoms with Crippen molar-refractivity contribution >= 4 is 21.8 Å². The van der Waals surface area contributed by atoms with Crippen molar-refractivity contribution in [2.75, 3.05) is 18.7 Å². The molecule has 4 nitrogen and oxygen atoms in total. The van der Waals surface area contributed by atoms with E-state index in [9.17, 15) is 4.79 Å². The standard InChI is InChI=1S/C10H12BrNO3/c11-7-15-9-3-1-2-8(6-9)10(14)12-4-5-13/h1-3,6,13H,4-5,7H2,(H,12,14). The van der Waals surface area contributed by atoms with Crippen molar-refractivity contribution in [3.63, 3.8) is 0 Å². The highest BCUT2D eigenvalue weighted by molar-refractivity contribution is 9.09. The van der Waals surface area contributed by atoms with Gasteiger partial charge in [0, 0.05) is 12.1 Å². The van der Waals surface area contributed by atoms with E-state index in [1.54, 1.807) is 24.3 Å². The van der Waals surface area contributed by atoms with Gasteiger partial charge in [-0.3, -0.25) is 4.79 Å². The lowest BCUT2D eigenvalue weighted by Crippen LogP contribution is -2.26. The van der Waals surface area contributed by atoms with Gasteiger partial charge in [0.1, 0.15) is 11.3 Å². The van der Waals surface area contributed by atoms with E-state index in [-0.39, 0.29) is 19.1 Å². The van der Waals surface area contributed by atoms with Crippen LogP contribution in [0.3, 0.4) is 0 Å². The number of carbonyl (C=O) groups excluding carboxylic acids is 1. The molecule has 15 heavy (non-hydrogen) atoms. The summed E-state index contributed by atoms with van der Waals surface area (Å²) in [5, 5.41) is 11.1. The lowest BCUT2D eigenvalue weighted by molar-refractivity contribution is 0.0944. The Morgan fingerprint density at radius 1 is 1.53 bits per heavy atom. The van der Waals surface area contributed by atoms with Gasteiger partial charge in [0.25, 0.3) is 5.91 Å². The minimum atomic E-state index is -0.218. The molecule has 0 fully saturated rings. The summed E-state index contributed by atoms with van der Waals surface area (Å²) in [5.41, 5.74) is 0.899. The first kappa shape index (κ1) is 12.0. The molecule has 0 radical (unpaired) electrons. The second-order valence-electron chi connectivity index (χ2n) is 2.76. The molecule has 0 saturated carbocycles. The Bertz CT molecular complexity index is 330. The number of amides is 1. The van der Waals surface area contributed by atoms with E-state index < -0.39 is 0 Å². The Kier molecular flexibility index (Phi) is 5.14. The van der Waals surface area contributed by atoms with E-state index in [1.165, 1.54) is 0 Å². The quantitative estimate of drug-likeness (QED) is 0.792. The highest BCUT2D eigenvalue weighted by Crippen LogP contribution is 2.13. The Labute approximate surface area is 96.4 Å². The largest absolute Gasteiger partial charge is 0.482 e. The van der Waals surface area contributed by atoms with Gasteiger partial charge in [-0.15, -0.1) is 0 Å². The topological polar surface area (TPSA) is 58.6 Å². The molecule has 0 bridgehead atoms. The van der Waals surface area contributed by atoms with E-state index in [1.807, 2.05) is 0 Å². The molecule has 0 atom stereocenters. The minimum Gasteiger partial charge on any atom is -0.482 e. The average Bonchev–Trinajstić information content (AvgIpc) is 2.27. The van der Waals surface area contributed by atoms with Crippen LogP contribution in [0.15, 0.2) is 24.3 Å². The number of benzene rings is 1. The van der Waals surface area contributed by atoms with Crippen LogP contribution in [0.25, 0.3) is 0 Å². The number of nitrogens with one attached hydrogen (secondary N) is 1. The van der Waals surface area contributed by atoms with Crippen molar-refractivity contribution < 1.29 is 14.6 Å².